The molecular formula is C14H23ClN2O3. The third-order valence-corrected chi connectivity index (χ3v) is 2.83. The van der Waals surface area contributed by atoms with Gasteiger partial charge in [0, 0.05) is 17.6 Å². The van der Waals surface area contributed by atoms with Crippen LogP contribution in [-0.4, -0.2) is 32.2 Å². The number of nitrogens with one attached hydrogen (secondary N) is 1. The van der Waals surface area contributed by atoms with Gasteiger partial charge in [-0.1, -0.05) is 0 Å². The van der Waals surface area contributed by atoms with Gasteiger partial charge in [0.25, 0.3) is 0 Å². The van der Waals surface area contributed by atoms with E-state index < -0.39 is 5.54 Å². The van der Waals surface area contributed by atoms with Crippen LogP contribution < -0.4 is 20.5 Å². The third-order valence-electron chi connectivity index (χ3n) is 2.83. The van der Waals surface area contributed by atoms with Gasteiger partial charge in [0.1, 0.15) is 11.5 Å². The molecule has 0 aromatic heterocycles. The minimum Gasteiger partial charge on any atom is -0.497 e. The van der Waals surface area contributed by atoms with Crippen molar-refractivity contribution >= 4 is 18.3 Å². The summed E-state index contributed by atoms with van der Waals surface area (Å²) >= 11 is 0. The predicted octanol–water partition coefficient (Wildman–Crippen LogP) is 1.52. The van der Waals surface area contributed by atoms with E-state index >= 15 is 0 Å². The van der Waals surface area contributed by atoms with Gasteiger partial charge in [-0.3, -0.25) is 4.79 Å². The number of methoxy groups -OCH3 is 2. The Kier molecular flexibility index (Phi) is 7.39. The van der Waals surface area contributed by atoms with Crippen molar-refractivity contribution < 1.29 is 14.3 Å². The van der Waals surface area contributed by atoms with Gasteiger partial charge in [-0.15, -0.1) is 12.4 Å². The Morgan fingerprint density at radius 3 is 2.45 bits per heavy atom. The zero-order valence-electron chi connectivity index (χ0n) is 12.4. The average Bonchev–Trinajstić information content (AvgIpc) is 2.37. The molecule has 1 rings (SSSR count). The van der Waals surface area contributed by atoms with Crippen molar-refractivity contribution in [3.05, 3.63) is 23.8 Å². The maximum absolute atomic E-state index is 12.0. The maximum Gasteiger partial charge on any atom is 0.225 e. The lowest BCUT2D eigenvalue weighted by atomic mass is 10.0. The molecule has 1 aromatic rings. The number of carbonyl (C=O) groups is 1. The van der Waals surface area contributed by atoms with E-state index in [-0.39, 0.29) is 24.7 Å². The van der Waals surface area contributed by atoms with E-state index in [0.29, 0.717) is 18.0 Å². The first-order valence-electron chi connectivity index (χ1n) is 6.14. The Labute approximate surface area is 126 Å². The standard InChI is InChI=1S/C14H22N2O3.ClH/c1-14(2,9-15)16-13(17)8-10-7-11(18-3)5-6-12(10)19-4;/h5-7H,8-9,15H2,1-4H3,(H,16,17);1H. The van der Waals surface area contributed by atoms with E-state index in [9.17, 15) is 4.79 Å². The minimum absolute atomic E-state index is 0. The summed E-state index contributed by atoms with van der Waals surface area (Å²) in [6.45, 7) is 4.15. The van der Waals surface area contributed by atoms with Gasteiger partial charge in [0.15, 0.2) is 0 Å². The fraction of sp³-hybridized carbons (Fsp3) is 0.500. The van der Waals surface area contributed by atoms with E-state index in [2.05, 4.69) is 5.32 Å². The summed E-state index contributed by atoms with van der Waals surface area (Å²) in [7, 11) is 3.16. The predicted molar refractivity (Wildman–Crippen MR) is 81.8 cm³/mol. The lowest BCUT2D eigenvalue weighted by molar-refractivity contribution is -0.121. The molecule has 0 heterocycles. The van der Waals surface area contributed by atoms with Gasteiger partial charge in [-0.25, -0.2) is 0 Å². The number of benzene rings is 1. The van der Waals surface area contributed by atoms with Crippen LogP contribution in [0.5, 0.6) is 11.5 Å². The van der Waals surface area contributed by atoms with E-state index in [1.54, 1.807) is 32.4 Å². The molecule has 114 valence electrons. The zero-order valence-corrected chi connectivity index (χ0v) is 13.2. The first-order chi connectivity index (χ1) is 8.91. The van der Waals surface area contributed by atoms with Crippen molar-refractivity contribution in [2.24, 2.45) is 5.73 Å². The van der Waals surface area contributed by atoms with Crippen LogP contribution in [0.3, 0.4) is 0 Å². The molecule has 0 spiro atoms. The summed E-state index contributed by atoms with van der Waals surface area (Å²) in [6.07, 6.45) is 0.226. The quantitative estimate of drug-likeness (QED) is 0.835. The molecule has 0 aliphatic rings. The van der Waals surface area contributed by atoms with Gasteiger partial charge in [-0.2, -0.15) is 0 Å². The molecule has 6 heteroatoms. The molecule has 0 unspecified atom stereocenters. The first kappa shape index (κ1) is 18.5. The smallest absolute Gasteiger partial charge is 0.225 e. The number of carbonyl (C=O) groups excluding carboxylic acids is 1. The van der Waals surface area contributed by atoms with Crippen LogP contribution in [0.15, 0.2) is 18.2 Å². The number of halogens is 1. The van der Waals surface area contributed by atoms with Gasteiger partial charge < -0.3 is 20.5 Å². The van der Waals surface area contributed by atoms with E-state index in [4.69, 9.17) is 15.2 Å². The molecule has 0 radical (unpaired) electrons. The lowest BCUT2D eigenvalue weighted by Gasteiger charge is -2.24. The molecule has 1 amide bonds. The SMILES string of the molecule is COc1ccc(OC)c(CC(=O)NC(C)(C)CN)c1.Cl. The van der Waals surface area contributed by atoms with Crippen molar-refractivity contribution in [1.29, 1.82) is 0 Å². The molecule has 0 saturated heterocycles. The fourth-order valence-corrected chi connectivity index (χ4v) is 1.67. The number of nitrogens with two attached hydrogens (primary N) is 1. The number of rotatable bonds is 6. The van der Waals surface area contributed by atoms with Crippen LogP contribution in [0.25, 0.3) is 0 Å². The van der Waals surface area contributed by atoms with E-state index in [0.717, 1.165) is 5.56 Å². The highest BCUT2D eigenvalue weighted by atomic mass is 35.5. The highest BCUT2D eigenvalue weighted by Crippen LogP contribution is 2.24. The molecule has 20 heavy (non-hydrogen) atoms. The Balaban J connectivity index is 0.00000361. The van der Waals surface area contributed by atoms with Crippen LogP contribution in [-0.2, 0) is 11.2 Å². The second-order valence-corrected chi connectivity index (χ2v) is 4.99. The van der Waals surface area contributed by atoms with Gasteiger partial charge in [0.05, 0.1) is 20.6 Å². The molecule has 1 aromatic carbocycles. The molecular weight excluding hydrogens is 280 g/mol. The Morgan fingerprint density at radius 1 is 1.30 bits per heavy atom. The summed E-state index contributed by atoms with van der Waals surface area (Å²) < 4.78 is 10.4. The highest BCUT2D eigenvalue weighted by molar-refractivity contribution is 5.85. The molecule has 0 aliphatic carbocycles. The fourth-order valence-electron chi connectivity index (χ4n) is 1.67. The van der Waals surface area contributed by atoms with E-state index in [1.807, 2.05) is 13.8 Å². The van der Waals surface area contributed by atoms with Crippen molar-refractivity contribution in [2.45, 2.75) is 25.8 Å². The molecule has 0 bridgehead atoms. The minimum atomic E-state index is -0.414. The Morgan fingerprint density at radius 2 is 1.95 bits per heavy atom. The molecule has 0 saturated carbocycles. The summed E-state index contributed by atoms with van der Waals surface area (Å²) in [5.74, 6) is 1.27. The molecule has 3 N–H and O–H groups in total. The van der Waals surface area contributed by atoms with Crippen LogP contribution in [0.4, 0.5) is 0 Å². The summed E-state index contributed by atoms with van der Waals surface area (Å²) in [6, 6.07) is 5.38. The van der Waals surface area contributed by atoms with Crippen molar-refractivity contribution in [1.82, 2.24) is 5.32 Å². The van der Waals surface area contributed by atoms with Crippen molar-refractivity contribution in [2.75, 3.05) is 20.8 Å². The summed E-state index contributed by atoms with van der Waals surface area (Å²) in [5, 5.41) is 2.88. The molecule has 0 atom stereocenters. The number of amides is 1. The monoisotopic (exact) mass is 302 g/mol. The zero-order chi connectivity index (χ0) is 14.5. The number of hydrogen-bond acceptors (Lipinski definition) is 4. The topological polar surface area (TPSA) is 73.6 Å². The number of hydrogen-bond donors (Lipinski definition) is 2. The van der Waals surface area contributed by atoms with E-state index in [1.165, 1.54) is 0 Å². The number of ether oxygens (including phenoxy) is 2. The second kappa shape index (κ2) is 7.97. The summed E-state index contributed by atoms with van der Waals surface area (Å²) in [5.41, 5.74) is 5.96. The summed E-state index contributed by atoms with van der Waals surface area (Å²) in [4.78, 5) is 12.0. The van der Waals surface area contributed by atoms with Crippen LogP contribution in [0.1, 0.15) is 19.4 Å². The van der Waals surface area contributed by atoms with Gasteiger partial charge >= 0.3 is 0 Å². The van der Waals surface area contributed by atoms with Crippen molar-refractivity contribution in [3.8, 4) is 11.5 Å². The normalized spacial score (nSPS) is 10.4. The van der Waals surface area contributed by atoms with Crippen molar-refractivity contribution in [3.63, 3.8) is 0 Å². The highest BCUT2D eigenvalue weighted by Gasteiger charge is 2.19. The average molecular weight is 303 g/mol. The molecule has 0 fully saturated rings. The first-order valence-corrected chi connectivity index (χ1v) is 6.14. The Hall–Kier alpha value is -1.46. The van der Waals surface area contributed by atoms with Crippen LogP contribution >= 0.6 is 12.4 Å². The van der Waals surface area contributed by atoms with Crippen LogP contribution in [0.2, 0.25) is 0 Å². The van der Waals surface area contributed by atoms with Gasteiger partial charge in [-0.05, 0) is 32.0 Å². The molecule has 5 nitrogen and oxygen atoms in total. The largest absolute Gasteiger partial charge is 0.497 e. The lowest BCUT2D eigenvalue weighted by Crippen LogP contribution is -2.49. The third kappa shape index (κ3) is 5.27. The van der Waals surface area contributed by atoms with Crippen LogP contribution in [0, 0.1) is 0 Å². The molecule has 0 aliphatic heterocycles. The second-order valence-electron chi connectivity index (χ2n) is 4.99. The Bertz CT molecular complexity index is 450. The maximum atomic E-state index is 12.0. The van der Waals surface area contributed by atoms with Gasteiger partial charge in [0.2, 0.25) is 5.91 Å².